The van der Waals surface area contributed by atoms with Crippen LogP contribution in [0.4, 0.5) is 0 Å². The molecule has 0 heterocycles. The van der Waals surface area contributed by atoms with Gasteiger partial charge in [0.1, 0.15) is 0 Å². The molecular weight excluding hydrogens is 985 g/mol. The first-order chi connectivity index (χ1) is 37.9. The summed E-state index contributed by atoms with van der Waals surface area (Å²) in [6, 6.07) is 55.6. The van der Waals surface area contributed by atoms with Gasteiger partial charge in [0.15, 0.2) is 0 Å². The maximum Gasteiger partial charge on any atom is 0.339 e. The van der Waals surface area contributed by atoms with Crippen LogP contribution < -0.4 is 0 Å². The van der Waals surface area contributed by atoms with E-state index in [1.54, 1.807) is 36.4 Å². The first kappa shape index (κ1) is 51.3. The van der Waals surface area contributed by atoms with Crippen molar-refractivity contribution in [3.63, 3.8) is 0 Å². The standard InChI is InChI=1S/C66H48O12/c1-73-61(67)55-49-31-32-50(56(55)62(68)74-2)44-21-9-38(10-22-44)40-13-25-46(26-14-40)52-35-36-54(60(66(72)78-6)58(52)64(70)76-4)48-29-17-42(18-30-48)41-15-27-47(28-16-41)53-34-33-51(57(63(69)75-3)59(53)65(71)77-5)45-23-11-39(12-24-45)37-7-19-43(49)20-8-37/h7-36H,1-6H3. The number of esters is 6. The van der Waals surface area contributed by atoms with Crippen molar-refractivity contribution in [3.8, 4) is 0 Å². The summed E-state index contributed by atoms with van der Waals surface area (Å²) >= 11 is 0. The second kappa shape index (κ2) is 21.6. The fraction of sp³-hybridized carbons (Fsp3) is 0.0909. The van der Waals surface area contributed by atoms with Gasteiger partial charge in [0, 0.05) is 0 Å². The third-order valence-corrected chi connectivity index (χ3v) is 14.1. The molecular formula is C66H48O12. The number of carbonyl (C=O) groups is 6. The van der Waals surface area contributed by atoms with Gasteiger partial charge in [-0.3, -0.25) is 0 Å². The molecule has 34 rings (SSSR count). The molecule has 384 valence electrons. The zero-order valence-corrected chi connectivity index (χ0v) is 43.2. The van der Waals surface area contributed by atoms with Crippen molar-refractivity contribution >= 4 is 35.8 Å². The molecule has 0 aromatic heterocycles. The second-order valence-corrected chi connectivity index (χ2v) is 18.1. The van der Waals surface area contributed by atoms with Crippen LogP contribution in [-0.2, 0) is 28.4 Å². The van der Waals surface area contributed by atoms with E-state index in [1.165, 1.54) is 42.7 Å². The number of hydrogen-bond donors (Lipinski definition) is 0. The molecule has 12 nitrogen and oxygen atoms in total. The fourth-order valence-corrected chi connectivity index (χ4v) is 10.2. The van der Waals surface area contributed by atoms with Crippen molar-refractivity contribution in [1.82, 2.24) is 0 Å². The molecule has 0 saturated carbocycles. The van der Waals surface area contributed by atoms with Gasteiger partial charge in [0.05, 0.1) is 76.0 Å². The molecule has 12 heteroatoms. The summed E-state index contributed by atoms with van der Waals surface area (Å²) < 4.78 is 31.8. The maximum absolute atomic E-state index is 13.8. The van der Waals surface area contributed by atoms with E-state index in [-0.39, 0.29) is 33.4 Å². The Kier molecular flexibility index (Phi) is 14.2. The average molecular weight is 1030 g/mol. The number of carbonyl (C=O) groups excluding carboxylic acids is 6. The molecule has 0 spiro atoms. The van der Waals surface area contributed by atoms with Crippen LogP contribution in [-0.4, -0.2) is 78.5 Å². The molecule has 0 aliphatic heterocycles. The summed E-state index contributed by atoms with van der Waals surface area (Å²) in [7, 11) is 7.53. The quantitative estimate of drug-likeness (QED) is 0.115. The van der Waals surface area contributed by atoms with Crippen LogP contribution in [0.15, 0.2) is 182 Å². The van der Waals surface area contributed by atoms with Crippen LogP contribution in [0, 0.1) is 93.9 Å². The van der Waals surface area contributed by atoms with E-state index < -0.39 is 35.8 Å². The van der Waals surface area contributed by atoms with Crippen LogP contribution in [0.25, 0.3) is 0 Å². The van der Waals surface area contributed by atoms with Gasteiger partial charge in [0.2, 0.25) is 0 Å². The summed E-state index contributed by atoms with van der Waals surface area (Å²) in [5, 5.41) is 11.5. The van der Waals surface area contributed by atoms with Crippen LogP contribution in [0.1, 0.15) is 62.1 Å². The van der Waals surface area contributed by atoms with E-state index >= 15 is 0 Å². The molecule has 18 bridgehead atoms. The minimum absolute atomic E-state index is 0.0326. The minimum Gasteiger partial charge on any atom is -0.465 e. The molecule has 25 aliphatic rings. The number of benzene rings is 9. The highest BCUT2D eigenvalue weighted by atomic mass is 16.5. The smallest absolute Gasteiger partial charge is 0.339 e. The third-order valence-electron chi connectivity index (χ3n) is 14.1. The van der Waals surface area contributed by atoms with E-state index in [9.17, 15) is 28.8 Å². The highest BCUT2D eigenvalue weighted by Crippen LogP contribution is 2.23. The Balaban J connectivity index is 1.36. The molecule has 0 amide bonds. The lowest BCUT2D eigenvalue weighted by Crippen LogP contribution is -2.14. The lowest BCUT2D eigenvalue weighted by Gasteiger charge is -2.09. The highest BCUT2D eigenvalue weighted by Gasteiger charge is 2.25. The van der Waals surface area contributed by atoms with Crippen molar-refractivity contribution in [1.29, 1.82) is 0 Å². The van der Waals surface area contributed by atoms with Crippen molar-refractivity contribution in [3.05, 3.63) is 309 Å². The van der Waals surface area contributed by atoms with Gasteiger partial charge in [-0.05, 0) is 93.9 Å². The average Bonchev–Trinajstić information content (AvgIpc) is 3.64. The van der Waals surface area contributed by atoms with Gasteiger partial charge in [-0.15, -0.1) is 0 Å². The Morgan fingerprint density at radius 3 is 0.385 bits per heavy atom. The van der Waals surface area contributed by atoms with Crippen molar-refractivity contribution in [2.75, 3.05) is 42.7 Å². The molecule has 0 fully saturated rings. The molecule has 0 atom stereocenters. The number of ether oxygens (including phenoxy) is 6. The Morgan fingerprint density at radius 2 is 0.282 bits per heavy atom. The third kappa shape index (κ3) is 9.25. The predicted octanol–water partition coefficient (Wildman–Crippen LogP) is 10.3. The van der Waals surface area contributed by atoms with E-state index in [2.05, 4.69) is 0 Å². The van der Waals surface area contributed by atoms with E-state index in [1.807, 2.05) is 146 Å². The van der Waals surface area contributed by atoms with Crippen LogP contribution in [0.3, 0.4) is 0 Å². The normalized spacial score (nSPS) is 11.0. The van der Waals surface area contributed by atoms with Gasteiger partial charge in [-0.25, -0.2) is 28.8 Å². The van der Waals surface area contributed by atoms with E-state index in [4.69, 9.17) is 28.4 Å². The molecule has 0 N–H and O–H groups in total. The molecule has 78 heavy (non-hydrogen) atoms. The Labute approximate surface area is 443 Å². The first-order valence-electron chi connectivity index (χ1n) is 24.6. The Bertz CT molecular complexity index is 4070. The molecule has 0 radical (unpaired) electrons. The van der Waals surface area contributed by atoms with Gasteiger partial charge in [-0.2, -0.15) is 0 Å². The number of rotatable bonds is 6. The zero-order valence-electron chi connectivity index (χ0n) is 43.2. The summed E-state index contributed by atoms with van der Waals surface area (Å²) in [4.78, 5) is 82.7. The van der Waals surface area contributed by atoms with E-state index in [0.29, 0.717) is 62.6 Å². The summed E-state index contributed by atoms with van der Waals surface area (Å²) in [5.74, 6) is -4.37. The molecule has 0 unspecified atom stereocenters. The minimum atomic E-state index is -0.729. The number of methoxy groups -OCH3 is 6. The fourth-order valence-electron chi connectivity index (χ4n) is 10.2. The van der Waals surface area contributed by atoms with Gasteiger partial charge < -0.3 is 28.4 Å². The van der Waals surface area contributed by atoms with Gasteiger partial charge in [0.25, 0.3) is 0 Å². The van der Waals surface area contributed by atoms with Crippen molar-refractivity contribution < 1.29 is 57.2 Å². The van der Waals surface area contributed by atoms with Crippen molar-refractivity contribution in [2.45, 2.75) is 0 Å². The molecule has 9 aromatic rings. The highest BCUT2D eigenvalue weighted by molar-refractivity contribution is 6.05. The second-order valence-electron chi connectivity index (χ2n) is 18.1. The largest absolute Gasteiger partial charge is 0.465 e. The van der Waals surface area contributed by atoms with Crippen LogP contribution in [0.2, 0.25) is 0 Å². The lowest BCUT2D eigenvalue weighted by atomic mass is 9.98. The monoisotopic (exact) mass is 1030 g/mol. The molecule has 25 aliphatic carbocycles. The SMILES string of the molecule is COC(=O)c1c(C(=O)OC)c2ccc1=c1ccc(cc1)=c1ccc(cc1)=c1ccc(c(C(=O)OC)c1C(=O)OC)=c1ccc(cc1)=c1ccc(cc1)=c1ccc(c(C(=O)OC)c1C(=O)OC)=c1ccc(cc1)=c1ccc=2cc1. The molecule has 0 saturated heterocycles. The Hall–Kier alpha value is -10.2. The van der Waals surface area contributed by atoms with Crippen LogP contribution in [0.5, 0.6) is 0 Å². The van der Waals surface area contributed by atoms with Gasteiger partial charge in [-0.1, -0.05) is 182 Å². The van der Waals surface area contributed by atoms with E-state index in [0.717, 1.165) is 31.3 Å². The predicted molar refractivity (Wildman–Crippen MR) is 285 cm³/mol. The summed E-state index contributed by atoms with van der Waals surface area (Å²) in [5.41, 5.74) is 0.196. The topological polar surface area (TPSA) is 158 Å². The molecule has 9 aromatic carbocycles. The lowest BCUT2D eigenvalue weighted by molar-refractivity contribution is 0.0553. The first-order valence-corrected chi connectivity index (χ1v) is 24.6. The Morgan fingerprint density at radius 1 is 0.179 bits per heavy atom. The van der Waals surface area contributed by atoms with Gasteiger partial charge >= 0.3 is 35.8 Å². The van der Waals surface area contributed by atoms with Crippen LogP contribution >= 0.6 is 0 Å². The summed E-state index contributed by atoms with van der Waals surface area (Å²) in [6.07, 6.45) is 0. The maximum atomic E-state index is 13.8. The zero-order chi connectivity index (χ0) is 54.8. The van der Waals surface area contributed by atoms with Crippen molar-refractivity contribution in [2.24, 2.45) is 0 Å². The number of hydrogen-bond acceptors (Lipinski definition) is 12. The summed E-state index contributed by atoms with van der Waals surface area (Å²) in [6.45, 7) is 0.